The zero-order valence-electron chi connectivity index (χ0n) is 13.9. The highest BCUT2D eigenvalue weighted by molar-refractivity contribution is 6.05. The van der Waals surface area contributed by atoms with Crippen LogP contribution in [0.1, 0.15) is 35.3 Å². The molecule has 3 rings (SSSR count). The molecule has 25 heavy (non-hydrogen) atoms. The monoisotopic (exact) mass is 351 g/mol. The zero-order valence-corrected chi connectivity index (χ0v) is 13.9. The maximum absolute atomic E-state index is 13.1. The lowest BCUT2D eigenvalue weighted by Crippen LogP contribution is -2.30. The molecule has 1 aliphatic heterocycles. The number of nitrogens with one attached hydrogen (secondary N) is 1. The summed E-state index contributed by atoms with van der Waals surface area (Å²) in [5.41, 5.74) is 0.454. The van der Waals surface area contributed by atoms with Gasteiger partial charge in [-0.2, -0.15) is 13.2 Å². The van der Waals surface area contributed by atoms with Gasteiger partial charge in [-0.15, -0.1) is 0 Å². The van der Waals surface area contributed by atoms with E-state index in [1.165, 1.54) is 6.07 Å². The number of hydrogen-bond donors (Lipinski definition) is 1. The summed E-state index contributed by atoms with van der Waals surface area (Å²) in [5, 5.41) is 2.66. The molecule has 0 atom stereocenters. The predicted octanol–water partition coefficient (Wildman–Crippen LogP) is 4.29. The van der Waals surface area contributed by atoms with Crippen molar-refractivity contribution in [1.82, 2.24) is 4.57 Å². The normalized spacial score (nSPS) is 15.3. The van der Waals surface area contributed by atoms with Crippen molar-refractivity contribution in [2.45, 2.75) is 25.4 Å². The lowest BCUT2D eigenvalue weighted by molar-refractivity contribution is -0.137. The molecule has 4 nitrogen and oxygen atoms in total. The molecule has 1 aliphatic rings. The molecule has 2 heterocycles. The minimum Gasteiger partial charge on any atom is -0.370 e. The summed E-state index contributed by atoms with van der Waals surface area (Å²) in [4.78, 5) is 14.5. The number of alkyl halides is 3. The lowest BCUT2D eigenvalue weighted by atomic mass is 10.1. The van der Waals surface area contributed by atoms with Crippen molar-refractivity contribution in [3.05, 3.63) is 47.8 Å². The lowest BCUT2D eigenvalue weighted by Gasteiger charge is -2.31. The number of carbonyl (C=O) groups is 1. The fraction of sp³-hybridized carbons (Fsp3) is 0.389. The second-order valence-corrected chi connectivity index (χ2v) is 6.24. The third kappa shape index (κ3) is 3.81. The number of nitrogens with zero attached hydrogens (tertiary/aromatic N) is 2. The van der Waals surface area contributed by atoms with Gasteiger partial charge in [-0.3, -0.25) is 4.79 Å². The van der Waals surface area contributed by atoms with E-state index in [4.69, 9.17) is 0 Å². The van der Waals surface area contributed by atoms with Crippen LogP contribution in [-0.4, -0.2) is 23.6 Å². The summed E-state index contributed by atoms with van der Waals surface area (Å²) in [6.45, 7) is 1.55. The van der Waals surface area contributed by atoms with Crippen molar-refractivity contribution < 1.29 is 18.0 Å². The summed E-state index contributed by atoms with van der Waals surface area (Å²) in [6.07, 6.45) is 0.359. The Morgan fingerprint density at radius 3 is 2.44 bits per heavy atom. The molecule has 1 N–H and O–H groups in total. The highest BCUT2D eigenvalue weighted by Crippen LogP contribution is 2.36. The Hall–Kier alpha value is -2.44. The van der Waals surface area contributed by atoms with E-state index in [0.717, 1.165) is 44.5 Å². The minimum atomic E-state index is -4.45. The van der Waals surface area contributed by atoms with E-state index in [1.54, 1.807) is 29.9 Å². The number of halogens is 3. The first-order chi connectivity index (χ1) is 11.9. The van der Waals surface area contributed by atoms with E-state index >= 15 is 0 Å². The topological polar surface area (TPSA) is 37.3 Å². The van der Waals surface area contributed by atoms with Gasteiger partial charge in [-0.1, -0.05) is 0 Å². The third-order valence-corrected chi connectivity index (χ3v) is 4.45. The molecule has 134 valence electrons. The summed E-state index contributed by atoms with van der Waals surface area (Å²) >= 11 is 0. The number of piperidine rings is 1. The van der Waals surface area contributed by atoms with E-state index in [0.29, 0.717) is 11.4 Å². The molecule has 1 aromatic carbocycles. The van der Waals surface area contributed by atoms with Gasteiger partial charge in [0.15, 0.2) is 0 Å². The third-order valence-electron chi connectivity index (χ3n) is 4.45. The fourth-order valence-electron chi connectivity index (χ4n) is 3.11. The van der Waals surface area contributed by atoms with Gasteiger partial charge < -0.3 is 14.8 Å². The second-order valence-electron chi connectivity index (χ2n) is 6.24. The van der Waals surface area contributed by atoms with Gasteiger partial charge in [0.2, 0.25) is 0 Å². The molecule has 0 radical (unpaired) electrons. The molecular formula is C18H20F3N3O. The van der Waals surface area contributed by atoms with Crippen molar-refractivity contribution in [3.8, 4) is 0 Å². The molecule has 1 saturated heterocycles. The maximum atomic E-state index is 13.1. The smallest absolute Gasteiger partial charge is 0.370 e. The molecule has 2 aromatic rings. The van der Waals surface area contributed by atoms with Crippen LogP contribution < -0.4 is 10.2 Å². The van der Waals surface area contributed by atoms with Crippen molar-refractivity contribution in [3.63, 3.8) is 0 Å². The Kier molecular flexibility index (Phi) is 4.74. The SMILES string of the molecule is Cn1cccc1C(=O)Nc1cc(C(F)(F)F)ccc1N1CCCCC1. The van der Waals surface area contributed by atoms with E-state index < -0.39 is 17.6 Å². The average Bonchev–Trinajstić information content (AvgIpc) is 3.01. The number of aromatic nitrogens is 1. The Morgan fingerprint density at radius 1 is 1.12 bits per heavy atom. The van der Waals surface area contributed by atoms with Crippen LogP contribution in [0.15, 0.2) is 36.5 Å². The van der Waals surface area contributed by atoms with Crippen molar-refractivity contribution >= 4 is 17.3 Å². The number of benzene rings is 1. The van der Waals surface area contributed by atoms with E-state index in [1.807, 2.05) is 4.90 Å². The second kappa shape index (κ2) is 6.82. The van der Waals surface area contributed by atoms with Gasteiger partial charge >= 0.3 is 6.18 Å². The number of rotatable bonds is 3. The van der Waals surface area contributed by atoms with Gasteiger partial charge in [0.25, 0.3) is 5.91 Å². The largest absolute Gasteiger partial charge is 0.416 e. The van der Waals surface area contributed by atoms with Crippen LogP contribution in [0.25, 0.3) is 0 Å². The molecule has 0 bridgehead atoms. The van der Waals surface area contributed by atoms with Crippen LogP contribution in [0.3, 0.4) is 0 Å². The van der Waals surface area contributed by atoms with E-state index in [-0.39, 0.29) is 5.69 Å². The van der Waals surface area contributed by atoms with Crippen molar-refractivity contribution in [2.24, 2.45) is 7.05 Å². The van der Waals surface area contributed by atoms with Crippen LogP contribution in [0, 0.1) is 0 Å². The number of anilines is 2. The molecule has 0 spiro atoms. The minimum absolute atomic E-state index is 0.197. The molecule has 0 saturated carbocycles. The van der Waals surface area contributed by atoms with Gasteiger partial charge in [0.05, 0.1) is 16.9 Å². The van der Waals surface area contributed by atoms with E-state index in [2.05, 4.69) is 5.32 Å². The molecule has 7 heteroatoms. The molecule has 1 aromatic heterocycles. The Balaban J connectivity index is 1.95. The number of aryl methyl sites for hydroxylation is 1. The first kappa shape index (κ1) is 17.4. The first-order valence-corrected chi connectivity index (χ1v) is 8.25. The first-order valence-electron chi connectivity index (χ1n) is 8.25. The van der Waals surface area contributed by atoms with Gasteiger partial charge in [-0.05, 0) is 49.6 Å². The Labute approximate surface area is 144 Å². The molecular weight excluding hydrogens is 331 g/mol. The zero-order chi connectivity index (χ0) is 18.0. The van der Waals surface area contributed by atoms with Crippen LogP contribution in [0.4, 0.5) is 24.5 Å². The highest BCUT2D eigenvalue weighted by atomic mass is 19.4. The van der Waals surface area contributed by atoms with Gasteiger partial charge in [0, 0.05) is 26.3 Å². The Bertz CT molecular complexity index is 761. The number of hydrogen-bond acceptors (Lipinski definition) is 2. The van der Waals surface area contributed by atoms with E-state index in [9.17, 15) is 18.0 Å². The standard InChI is InChI=1S/C18H20F3N3O/c1-23-9-5-6-16(23)17(25)22-14-12-13(18(19,20)21)7-8-15(14)24-10-3-2-4-11-24/h5-9,12H,2-4,10-11H2,1H3,(H,22,25). The summed E-state index contributed by atoms with van der Waals surface area (Å²) in [5.74, 6) is -0.426. The molecule has 1 amide bonds. The van der Waals surface area contributed by atoms with Gasteiger partial charge in [-0.25, -0.2) is 0 Å². The summed E-state index contributed by atoms with van der Waals surface area (Å²) in [6, 6.07) is 6.89. The number of amides is 1. The maximum Gasteiger partial charge on any atom is 0.416 e. The van der Waals surface area contributed by atoms with Gasteiger partial charge in [0.1, 0.15) is 5.69 Å². The van der Waals surface area contributed by atoms with Crippen molar-refractivity contribution in [1.29, 1.82) is 0 Å². The molecule has 1 fully saturated rings. The quantitative estimate of drug-likeness (QED) is 0.896. The number of carbonyl (C=O) groups excluding carboxylic acids is 1. The van der Waals surface area contributed by atoms with Crippen LogP contribution in [0.2, 0.25) is 0 Å². The molecule has 0 aliphatic carbocycles. The van der Waals surface area contributed by atoms with Crippen LogP contribution in [0.5, 0.6) is 0 Å². The van der Waals surface area contributed by atoms with Crippen LogP contribution in [-0.2, 0) is 13.2 Å². The molecule has 0 unspecified atom stereocenters. The predicted molar refractivity (Wildman–Crippen MR) is 90.9 cm³/mol. The average molecular weight is 351 g/mol. The fourth-order valence-corrected chi connectivity index (χ4v) is 3.11. The van der Waals surface area contributed by atoms with Crippen LogP contribution >= 0.6 is 0 Å². The Morgan fingerprint density at radius 2 is 1.84 bits per heavy atom. The summed E-state index contributed by atoms with van der Waals surface area (Å²) < 4.78 is 40.9. The summed E-state index contributed by atoms with van der Waals surface area (Å²) in [7, 11) is 1.71. The highest BCUT2D eigenvalue weighted by Gasteiger charge is 2.32. The van der Waals surface area contributed by atoms with Crippen molar-refractivity contribution in [2.75, 3.05) is 23.3 Å².